The van der Waals surface area contributed by atoms with Crippen LogP contribution >= 0.6 is 23.2 Å². The smallest absolute Gasteiger partial charge is 0.257 e. The molecule has 88 valence electrons. The summed E-state index contributed by atoms with van der Waals surface area (Å²) in [6, 6.07) is 5.30. The molecule has 1 aromatic rings. The summed E-state index contributed by atoms with van der Waals surface area (Å²) >= 11 is 10.6. The van der Waals surface area contributed by atoms with Crippen LogP contribution in [0.1, 0.15) is 0 Å². The van der Waals surface area contributed by atoms with Crippen molar-refractivity contribution in [3.05, 3.63) is 24.3 Å². The normalized spacial score (nSPS) is 11.5. The van der Waals surface area contributed by atoms with E-state index in [1.54, 1.807) is 0 Å². The van der Waals surface area contributed by atoms with Crippen LogP contribution in [0.5, 0.6) is 0 Å². The predicted molar refractivity (Wildman–Crippen MR) is 61.9 cm³/mol. The average Bonchev–Trinajstić information content (AvgIpc) is 2.17. The summed E-state index contributed by atoms with van der Waals surface area (Å²) in [6.45, 7) is 0. The van der Waals surface area contributed by atoms with Crippen LogP contribution in [-0.4, -0.2) is 19.2 Å². The van der Waals surface area contributed by atoms with Gasteiger partial charge in [-0.2, -0.15) is 0 Å². The zero-order valence-corrected chi connectivity index (χ0v) is 10.2. The molecule has 0 heterocycles. The maximum atomic E-state index is 11.1. The van der Waals surface area contributed by atoms with Gasteiger partial charge < -0.3 is 5.32 Å². The van der Waals surface area contributed by atoms with E-state index in [-0.39, 0.29) is 4.90 Å². The Morgan fingerprint density at radius 1 is 1.25 bits per heavy atom. The van der Waals surface area contributed by atoms with Gasteiger partial charge in [0.25, 0.3) is 5.91 Å². The minimum absolute atomic E-state index is 0.0428. The summed E-state index contributed by atoms with van der Waals surface area (Å²) < 4.78 is 21.8. The van der Waals surface area contributed by atoms with Gasteiger partial charge in [0.05, 0.1) is 4.90 Å². The molecule has 0 aromatic heterocycles. The van der Waals surface area contributed by atoms with Crippen molar-refractivity contribution in [3.63, 3.8) is 0 Å². The van der Waals surface area contributed by atoms with Crippen LogP contribution in [0.4, 0.5) is 5.69 Å². The molecule has 16 heavy (non-hydrogen) atoms. The van der Waals surface area contributed by atoms with Gasteiger partial charge in [-0.1, -0.05) is 23.2 Å². The molecule has 1 amide bonds. The highest BCUT2D eigenvalue weighted by molar-refractivity contribution is 7.89. The molecule has 0 aliphatic carbocycles. The maximum absolute atomic E-state index is 11.1. The van der Waals surface area contributed by atoms with E-state index in [1.165, 1.54) is 24.3 Å². The van der Waals surface area contributed by atoms with Gasteiger partial charge in [-0.25, -0.2) is 13.6 Å². The lowest BCUT2D eigenvalue weighted by Crippen LogP contribution is -2.18. The molecule has 0 bridgehead atoms. The Labute approximate surface area is 103 Å². The molecular weight excluding hydrogens is 275 g/mol. The lowest BCUT2D eigenvalue weighted by molar-refractivity contribution is -0.114. The summed E-state index contributed by atoms with van der Waals surface area (Å²) in [6.07, 6.45) is 0. The molecule has 0 atom stereocenters. The molecule has 5 nitrogen and oxygen atoms in total. The molecule has 0 spiro atoms. The van der Waals surface area contributed by atoms with Crippen molar-refractivity contribution >= 4 is 44.8 Å². The van der Waals surface area contributed by atoms with Crippen LogP contribution in [0.25, 0.3) is 0 Å². The quantitative estimate of drug-likeness (QED) is 0.813. The number of carbonyl (C=O) groups is 1. The fraction of sp³-hybridized carbons (Fsp3) is 0.125. The minimum atomic E-state index is -3.73. The number of rotatable bonds is 3. The van der Waals surface area contributed by atoms with Gasteiger partial charge in [0.1, 0.15) is 0 Å². The van der Waals surface area contributed by atoms with Gasteiger partial charge in [-0.3, -0.25) is 4.79 Å². The molecule has 0 unspecified atom stereocenters. The van der Waals surface area contributed by atoms with Crippen LogP contribution < -0.4 is 10.5 Å². The van der Waals surface area contributed by atoms with Crippen molar-refractivity contribution in [1.29, 1.82) is 0 Å². The molecule has 0 fully saturated rings. The standard InChI is InChI=1S/C8H8Cl2N2O3S/c9-7(10)8(13)12-5-1-3-6(4-2-5)16(11,14)15/h1-4,7H,(H,12,13)(H2,11,14,15). The van der Waals surface area contributed by atoms with E-state index in [0.717, 1.165) is 0 Å². The van der Waals surface area contributed by atoms with Crippen molar-refractivity contribution in [2.75, 3.05) is 5.32 Å². The third-order valence-corrected chi connectivity index (χ3v) is 2.97. The summed E-state index contributed by atoms with van der Waals surface area (Å²) in [7, 11) is -3.73. The number of carbonyl (C=O) groups excluding carboxylic acids is 1. The number of anilines is 1. The largest absolute Gasteiger partial charge is 0.324 e. The number of primary sulfonamides is 1. The first-order valence-electron chi connectivity index (χ1n) is 4.02. The third kappa shape index (κ3) is 3.64. The molecule has 0 radical (unpaired) electrons. The minimum Gasteiger partial charge on any atom is -0.324 e. The number of benzene rings is 1. The van der Waals surface area contributed by atoms with Crippen LogP contribution in [0, 0.1) is 0 Å². The molecule has 0 aliphatic rings. The van der Waals surface area contributed by atoms with E-state index in [0.29, 0.717) is 5.69 Å². The molecule has 3 N–H and O–H groups in total. The third-order valence-electron chi connectivity index (χ3n) is 1.65. The number of nitrogens with two attached hydrogens (primary N) is 1. The van der Waals surface area contributed by atoms with E-state index in [2.05, 4.69) is 5.32 Å². The highest BCUT2D eigenvalue weighted by atomic mass is 35.5. The first-order valence-corrected chi connectivity index (χ1v) is 6.44. The van der Waals surface area contributed by atoms with Gasteiger partial charge in [0.2, 0.25) is 10.0 Å². The van der Waals surface area contributed by atoms with Crippen molar-refractivity contribution < 1.29 is 13.2 Å². The topological polar surface area (TPSA) is 89.3 Å². The zero-order valence-electron chi connectivity index (χ0n) is 7.85. The summed E-state index contributed by atoms with van der Waals surface area (Å²) in [5, 5.41) is 7.28. The van der Waals surface area contributed by atoms with Gasteiger partial charge >= 0.3 is 0 Å². The average molecular weight is 283 g/mol. The molecule has 1 aromatic carbocycles. The number of halogens is 2. The number of hydrogen-bond acceptors (Lipinski definition) is 3. The molecule has 1 rings (SSSR count). The molecule has 0 saturated carbocycles. The van der Waals surface area contributed by atoms with Crippen molar-refractivity contribution in [3.8, 4) is 0 Å². The number of sulfonamides is 1. The number of amides is 1. The Balaban J connectivity index is 2.84. The molecule has 8 heteroatoms. The van der Waals surface area contributed by atoms with Gasteiger partial charge in [-0.05, 0) is 24.3 Å². The van der Waals surface area contributed by atoms with Gasteiger partial charge in [-0.15, -0.1) is 0 Å². The van der Waals surface area contributed by atoms with E-state index in [4.69, 9.17) is 28.3 Å². The van der Waals surface area contributed by atoms with E-state index in [9.17, 15) is 13.2 Å². The van der Waals surface area contributed by atoms with Crippen LogP contribution in [0.3, 0.4) is 0 Å². The predicted octanol–water partition coefficient (Wildman–Crippen LogP) is 1.08. The van der Waals surface area contributed by atoms with Crippen molar-refractivity contribution in [1.82, 2.24) is 0 Å². The Morgan fingerprint density at radius 3 is 2.12 bits per heavy atom. The van der Waals surface area contributed by atoms with E-state index < -0.39 is 20.8 Å². The first kappa shape index (κ1) is 13.2. The summed E-state index contributed by atoms with van der Waals surface area (Å²) in [5.74, 6) is -0.591. The van der Waals surface area contributed by atoms with Gasteiger partial charge in [0, 0.05) is 5.69 Å². The first-order chi connectivity index (χ1) is 7.30. The van der Waals surface area contributed by atoms with Crippen molar-refractivity contribution in [2.24, 2.45) is 5.14 Å². The van der Waals surface area contributed by atoms with Crippen LogP contribution in [-0.2, 0) is 14.8 Å². The Kier molecular flexibility index (Phi) is 4.15. The second kappa shape index (κ2) is 5.01. The SMILES string of the molecule is NS(=O)(=O)c1ccc(NC(=O)C(Cl)Cl)cc1. The molecular formula is C8H8Cl2N2O3S. The highest BCUT2D eigenvalue weighted by Crippen LogP contribution is 2.14. The number of hydrogen-bond donors (Lipinski definition) is 2. The van der Waals surface area contributed by atoms with E-state index >= 15 is 0 Å². The van der Waals surface area contributed by atoms with E-state index in [1.807, 2.05) is 0 Å². The summed E-state index contributed by atoms with van der Waals surface area (Å²) in [4.78, 5) is 9.85. The second-order valence-corrected chi connectivity index (χ2v) is 5.52. The fourth-order valence-corrected chi connectivity index (χ4v) is 1.55. The Hall–Kier alpha value is -0.820. The fourth-order valence-electron chi connectivity index (χ4n) is 0.925. The zero-order chi connectivity index (χ0) is 12.3. The monoisotopic (exact) mass is 282 g/mol. The highest BCUT2D eigenvalue weighted by Gasteiger charge is 2.12. The lowest BCUT2D eigenvalue weighted by atomic mass is 10.3. The van der Waals surface area contributed by atoms with Crippen LogP contribution in [0.15, 0.2) is 29.2 Å². The number of nitrogens with one attached hydrogen (secondary N) is 1. The van der Waals surface area contributed by atoms with Gasteiger partial charge in [0.15, 0.2) is 4.84 Å². The van der Waals surface area contributed by atoms with Crippen LogP contribution in [0.2, 0.25) is 0 Å². The van der Waals surface area contributed by atoms with Crippen molar-refractivity contribution in [2.45, 2.75) is 9.73 Å². The maximum Gasteiger partial charge on any atom is 0.257 e. The second-order valence-electron chi connectivity index (χ2n) is 2.86. The molecule has 0 aliphatic heterocycles. The lowest BCUT2D eigenvalue weighted by Gasteiger charge is -2.05. The molecule has 0 saturated heterocycles. The Bertz CT molecular complexity index is 485. The Morgan fingerprint density at radius 2 is 1.75 bits per heavy atom. The summed E-state index contributed by atoms with van der Waals surface area (Å²) in [5.41, 5.74) is 0.378. The number of alkyl halides is 2.